The van der Waals surface area contributed by atoms with Crippen molar-refractivity contribution >= 4 is 33.6 Å². The van der Waals surface area contributed by atoms with Crippen molar-refractivity contribution in [1.82, 2.24) is 0 Å². The molecule has 4 N–H and O–H groups in total. The van der Waals surface area contributed by atoms with E-state index in [-0.39, 0.29) is 19.3 Å². The van der Waals surface area contributed by atoms with E-state index in [0.717, 1.165) is 122 Å². The van der Waals surface area contributed by atoms with Crippen molar-refractivity contribution in [1.29, 1.82) is 0 Å². The third-order valence-electron chi connectivity index (χ3n) is 16.0. The van der Waals surface area contributed by atoms with Gasteiger partial charge in [-0.2, -0.15) is 0 Å². The Kier molecular flexibility index (Phi) is 69.2. The number of unbranched alkanes of at least 4 members (excludes halogenated alkanes) is 31. The molecule has 0 fully saturated rings. The van der Waals surface area contributed by atoms with Gasteiger partial charge in [-0.3, -0.25) is 32.5 Å². The molecule has 0 spiro atoms. The van der Waals surface area contributed by atoms with Crippen molar-refractivity contribution in [2.45, 2.75) is 334 Å². The van der Waals surface area contributed by atoms with Crippen molar-refractivity contribution in [3.63, 3.8) is 0 Å². The summed E-state index contributed by atoms with van der Waals surface area (Å²) >= 11 is 0. The molecule has 0 heterocycles. The molecule has 5 atom stereocenters. The summed E-state index contributed by atoms with van der Waals surface area (Å²) in [6, 6.07) is 0. The summed E-state index contributed by atoms with van der Waals surface area (Å²) in [5.41, 5.74) is 0. The van der Waals surface area contributed by atoms with Gasteiger partial charge in [-0.15, -0.1) is 0 Å². The highest BCUT2D eigenvalue weighted by Gasteiger charge is 2.29. The zero-order valence-electron chi connectivity index (χ0n) is 61.0. The van der Waals surface area contributed by atoms with E-state index in [9.17, 15) is 43.5 Å². The highest BCUT2D eigenvalue weighted by molar-refractivity contribution is 7.47. The highest BCUT2D eigenvalue weighted by atomic mass is 31.2. The quantitative estimate of drug-likeness (QED) is 0.0146. The Morgan fingerprint density at radius 2 is 0.546 bits per heavy atom. The van der Waals surface area contributed by atoms with Crippen LogP contribution in [0, 0.1) is 0 Å². The van der Waals surface area contributed by atoms with Crippen LogP contribution in [0.25, 0.3) is 0 Å². The zero-order valence-corrected chi connectivity index (χ0v) is 62.8. The van der Waals surface area contributed by atoms with Crippen LogP contribution < -0.4 is 0 Å². The van der Waals surface area contributed by atoms with E-state index in [1.54, 1.807) is 0 Å². The molecule has 0 bridgehead atoms. The average molecular weight is 1410 g/mol. The van der Waals surface area contributed by atoms with Crippen LogP contribution in [0.1, 0.15) is 316 Å². The van der Waals surface area contributed by atoms with Crippen LogP contribution in [0.4, 0.5) is 0 Å². The summed E-state index contributed by atoms with van der Waals surface area (Å²) in [6.07, 6.45) is 82.9. The molecule has 0 aromatic heterocycles. The molecule has 16 nitrogen and oxygen atoms in total. The van der Waals surface area contributed by atoms with Gasteiger partial charge in [0.15, 0.2) is 6.10 Å². The molecule has 0 radical (unpaired) electrons. The predicted molar refractivity (Wildman–Crippen MR) is 399 cm³/mol. The standard InChI is InChI=1S/C79H138O16P2/c1-4-7-10-13-16-19-22-25-27-29-31-32-33-34-35-36-37-38-39-40-42-44-45-48-50-53-56-59-62-65-77(82)89-68-74(80)69-91-96(85,86)92-70-75(81)71-93-97(87,88)94-73-76(95-79(84)67-64-61-58-55-52-47-24-21-18-15-12-9-6-3)72-90-78(83)66-63-60-57-54-51-49-46-43-41-30-28-26-23-20-17-14-11-8-5-2/h8,11,16-17,19-20,25-28,31-32,34-35,41,43,49,51,74-76,80-81H,4-7,9-10,12-15,18,21-24,29-30,33,36-40,42,44-48,50,52-73H2,1-3H3,(H,85,86)(H,87,88)/b11-8-,19-16-,20-17-,27-25-,28-26-,32-31-,35-34-,43-41-,51-49-. The molecule has 0 amide bonds. The molecule has 0 aliphatic carbocycles. The fourth-order valence-electron chi connectivity index (χ4n) is 10.2. The SMILES string of the molecule is CC/C=C\C/C=C\C/C=C\C/C=C\C/C=C\CCCCCC(=O)OCC(COP(=O)(O)OCC(O)COP(=O)(O)OCC(O)COC(=O)CCCCCCCCCCCCCCC/C=C\C/C=C\C/C=C\C/C=C\CCCCC)OC(=O)CCCCCCCCCCCCCCC. The van der Waals surface area contributed by atoms with Gasteiger partial charge in [0.2, 0.25) is 0 Å². The topological polar surface area (TPSA) is 231 Å². The lowest BCUT2D eigenvalue weighted by atomic mass is 10.0. The second-order valence-corrected chi connectivity index (χ2v) is 28.3. The molecule has 0 rings (SSSR count). The van der Waals surface area contributed by atoms with E-state index in [1.807, 2.05) is 0 Å². The second kappa shape index (κ2) is 72.0. The Balaban J connectivity index is 4.50. The van der Waals surface area contributed by atoms with Gasteiger partial charge in [0.1, 0.15) is 25.4 Å². The number of rotatable bonds is 72. The van der Waals surface area contributed by atoms with Crippen LogP contribution in [-0.4, -0.2) is 95.9 Å². The summed E-state index contributed by atoms with van der Waals surface area (Å²) in [4.78, 5) is 58.5. The van der Waals surface area contributed by atoms with Gasteiger partial charge in [0.25, 0.3) is 0 Å². The minimum absolute atomic E-state index is 0.0988. The Morgan fingerprint density at radius 3 is 0.897 bits per heavy atom. The number of aliphatic hydroxyl groups excluding tert-OH is 2. The number of esters is 3. The van der Waals surface area contributed by atoms with Crippen molar-refractivity contribution in [2.24, 2.45) is 0 Å². The molecule has 0 aromatic carbocycles. The van der Waals surface area contributed by atoms with Crippen LogP contribution in [0.5, 0.6) is 0 Å². The van der Waals surface area contributed by atoms with E-state index in [4.69, 9.17) is 32.3 Å². The van der Waals surface area contributed by atoms with Crippen molar-refractivity contribution in [3.8, 4) is 0 Å². The van der Waals surface area contributed by atoms with Crippen LogP contribution >= 0.6 is 15.6 Å². The Bertz CT molecular complexity index is 2200. The van der Waals surface area contributed by atoms with E-state index in [0.29, 0.717) is 19.3 Å². The number of hydrogen-bond donors (Lipinski definition) is 4. The zero-order chi connectivity index (χ0) is 70.9. The largest absolute Gasteiger partial charge is 0.472 e. The van der Waals surface area contributed by atoms with Crippen LogP contribution in [-0.2, 0) is 55.8 Å². The third kappa shape index (κ3) is 73.3. The normalized spacial score (nSPS) is 14.7. The number of ether oxygens (including phenoxy) is 3. The van der Waals surface area contributed by atoms with Crippen LogP contribution in [0.15, 0.2) is 109 Å². The Labute approximate surface area is 590 Å². The molecule has 0 aromatic rings. The number of allylic oxidation sites excluding steroid dienone is 18. The maximum absolute atomic E-state index is 12.9. The first-order valence-electron chi connectivity index (χ1n) is 38.2. The summed E-state index contributed by atoms with van der Waals surface area (Å²) in [5, 5.41) is 20.6. The van der Waals surface area contributed by atoms with E-state index < -0.39 is 91.5 Å². The number of hydrogen-bond acceptors (Lipinski definition) is 14. The lowest BCUT2D eigenvalue weighted by molar-refractivity contribution is -0.161. The fraction of sp³-hybridized carbons (Fsp3) is 0.734. The monoisotopic (exact) mass is 1400 g/mol. The number of carbonyl (C=O) groups excluding carboxylic acids is 3. The molecule has 0 saturated carbocycles. The highest BCUT2D eigenvalue weighted by Crippen LogP contribution is 2.45. The first-order chi connectivity index (χ1) is 47.2. The van der Waals surface area contributed by atoms with Gasteiger partial charge in [0, 0.05) is 19.3 Å². The van der Waals surface area contributed by atoms with Gasteiger partial charge in [0.05, 0.1) is 26.4 Å². The first-order valence-corrected chi connectivity index (χ1v) is 41.2. The smallest absolute Gasteiger partial charge is 0.463 e. The Hall–Kier alpha value is -3.79. The van der Waals surface area contributed by atoms with Gasteiger partial charge in [-0.25, -0.2) is 9.13 Å². The second-order valence-electron chi connectivity index (χ2n) is 25.4. The molecular formula is C79H138O16P2. The van der Waals surface area contributed by atoms with Crippen molar-refractivity contribution < 1.29 is 75.8 Å². The summed E-state index contributed by atoms with van der Waals surface area (Å²) in [5.74, 6) is -1.61. The first kappa shape index (κ1) is 93.2. The van der Waals surface area contributed by atoms with Crippen molar-refractivity contribution in [3.05, 3.63) is 109 Å². The number of phosphoric ester groups is 2. The third-order valence-corrected chi connectivity index (χ3v) is 17.9. The number of carbonyl (C=O) groups is 3. The Morgan fingerprint density at radius 1 is 0.299 bits per heavy atom. The summed E-state index contributed by atoms with van der Waals surface area (Å²) in [6.45, 7) is 2.51. The van der Waals surface area contributed by atoms with E-state index >= 15 is 0 Å². The molecule has 97 heavy (non-hydrogen) atoms. The molecule has 0 saturated heterocycles. The van der Waals surface area contributed by atoms with Gasteiger partial charge < -0.3 is 34.2 Å². The number of aliphatic hydroxyl groups is 2. The lowest BCUT2D eigenvalue weighted by Crippen LogP contribution is -2.30. The van der Waals surface area contributed by atoms with E-state index in [2.05, 4.69) is 130 Å². The summed E-state index contributed by atoms with van der Waals surface area (Å²) < 4.78 is 61.0. The van der Waals surface area contributed by atoms with Crippen LogP contribution in [0.2, 0.25) is 0 Å². The number of phosphoric acid groups is 2. The van der Waals surface area contributed by atoms with E-state index in [1.165, 1.54) is 135 Å². The maximum Gasteiger partial charge on any atom is 0.472 e. The van der Waals surface area contributed by atoms with Gasteiger partial charge in [-0.1, -0.05) is 297 Å². The minimum atomic E-state index is -4.93. The predicted octanol–water partition coefficient (Wildman–Crippen LogP) is 22.0. The summed E-state index contributed by atoms with van der Waals surface area (Å²) in [7, 11) is -9.79. The minimum Gasteiger partial charge on any atom is -0.463 e. The fourth-order valence-corrected chi connectivity index (χ4v) is 11.8. The van der Waals surface area contributed by atoms with Crippen LogP contribution in [0.3, 0.4) is 0 Å². The lowest BCUT2D eigenvalue weighted by Gasteiger charge is -2.21. The molecule has 5 unspecified atom stereocenters. The molecule has 18 heteroatoms. The molecule has 0 aliphatic heterocycles. The molecular weight excluding hydrogens is 1270 g/mol. The average Bonchev–Trinajstić information content (AvgIpc) is 2.57. The molecule has 560 valence electrons. The van der Waals surface area contributed by atoms with Crippen molar-refractivity contribution in [2.75, 3.05) is 39.6 Å². The van der Waals surface area contributed by atoms with Gasteiger partial charge in [-0.05, 0) is 109 Å². The molecule has 0 aliphatic rings. The maximum atomic E-state index is 12.9. The van der Waals surface area contributed by atoms with Gasteiger partial charge >= 0.3 is 33.6 Å².